The summed E-state index contributed by atoms with van der Waals surface area (Å²) in [4.78, 5) is 29.0. The maximum Gasteiger partial charge on any atom is 0.260 e. The molecule has 0 spiro atoms. The fourth-order valence-electron chi connectivity index (χ4n) is 4.03. The van der Waals surface area contributed by atoms with E-state index < -0.39 is 0 Å². The van der Waals surface area contributed by atoms with Crippen LogP contribution in [0.2, 0.25) is 0 Å². The highest BCUT2D eigenvalue weighted by Crippen LogP contribution is 2.24. The standard InChI is InChI=1S/C21H31N3O3.ClH/c1-22-15-17-7-11-24(12-8-17)21(26)18-9-13-23(14-10-18)20(25)16-27-19-5-3-2-4-6-19;/h2-6,17-18,22H,7-16H2,1H3;1H. The van der Waals surface area contributed by atoms with E-state index in [1.54, 1.807) is 0 Å². The number of hydrogen-bond donors (Lipinski definition) is 1. The van der Waals surface area contributed by atoms with E-state index in [-0.39, 0.29) is 36.7 Å². The van der Waals surface area contributed by atoms with E-state index in [1.807, 2.05) is 47.2 Å². The van der Waals surface area contributed by atoms with Crippen LogP contribution in [0.4, 0.5) is 0 Å². The van der Waals surface area contributed by atoms with Gasteiger partial charge in [-0.25, -0.2) is 0 Å². The summed E-state index contributed by atoms with van der Waals surface area (Å²) in [6, 6.07) is 9.38. The number of ether oxygens (including phenoxy) is 1. The molecule has 0 saturated carbocycles. The number of benzene rings is 1. The van der Waals surface area contributed by atoms with E-state index in [1.165, 1.54) is 0 Å². The van der Waals surface area contributed by atoms with Crippen molar-refractivity contribution >= 4 is 24.2 Å². The van der Waals surface area contributed by atoms with Gasteiger partial charge in [0.05, 0.1) is 0 Å². The predicted molar refractivity (Wildman–Crippen MR) is 112 cm³/mol. The van der Waals surface area contributed by atoms with Gasteiger partial charge in [-0.1, -0.05) is 18.2 Å². The van der Waals surface area contributed by atoms with Gasteiger partial charge in [0.2, 0.25) is 5.91 Å². The Labute approximate surface area is 174 Å². The Morgan fingerprint density at radius 3 is 2.21 bits per heavy atom. The molecule has 0 radical (unpaired) electrons. The Hall–Kier alpha value is -1.79. The molecule has 6 nitrogen and oxygen atoms in total. The van der Waals surface area contributed by atoms with Crippen molar-refractivity contribution in [2.45, 2.75) is 25.7 Å². The van der Waals surface area contributed by atoms with Crippen molar-refractivity contribution in [3.05, 3.63) is 30.3 Å². The summed E-state index contributed by atoms with van der Waals surface area (Å²) in [6.07, 6.45) is 3.68. The van der Waals surface area contributed by atoms with Gasteiger partial charge >= 0.3 is 0 Å². The van der Waals surface area contributed by atoms with Crippen LogP contribution >= 0.6 is 12.4 Å². The summed E-state index contributed by atoms with van der Waals surface area (Å²) in [5.74, 6) is 1.73. The van der Waals surface area contributed by atoms with Crippen molar-refractivity contribution < 1.29 is 14.3 Å². The van der Waals surface area contributed by atoms with E-state index in [2.05, 4.69) is 5.32 Å². The molecule has 1 aromatic rings. The van der Waals surface area contributed by atoms with Gasteiger partial charge in [0, 0.05) is 32.1 Å². The van der Waals surface area contributed by atoms with Gasteiger partial charge in [-0.3, -0.25) is 9.59 Å². The SMILES string of the molecule is CNCC1CCN(C(=O)C2CCN(C(=O)COc3ccccc3)CC2)CC1.Cl. The minimum Gasteiger partial charge on any atom is -0.484 e. The first-order valence-electron chi connectivity index (χ1n) is 10.1. The molecule has 1 aromatic carbocycles. The lowest BCUT2D eigenvalue weighted by Crippen LogP contribution is -2.47. The number of para-hydroxylation sites is 1. The number of nitrogens with zero attached hydrogens (tertiary/aromatic N) is 2. The van der Waals surface area contributed by atoms with Crippen LogP contribution in [0.25, 0.3) is 0 Å². The first-order chi connectivity index (χ1) is 13.2. The Balaban J connectivity index is 0.00000280. The lowest BCUT2D eigenvalue weighted by atomic mass is 9.92. The molecule has 7 heteroatoms. The molecule has 0 aromatic heterocycles. The molecule has 2 heterocycles. The normalized spacial score (nSPS) is 18.5. The monoisotopic (exact) mass is 409 g/mol. The highest BCUT2D eigenvalue weighted by molar-refractivity contribution is 5.85. The van der Waals surface area contributed by atoms with Crippen molar-refractivity contribution in [2.24, 2.45) is 11.8 Å². The minimum atomic E-state index is -0.00219. The lowest BCUT2D eigenvalue weighted by Gasteiger charge is -2.37. The van der Waals surface area contributed by atoms with Crippen LogP contribution in [0.15, 0.2) is 30.3 Å². The molecule has 2 fully saturated rings. The largest absolute Gasteiger partial charge is 0.484 e. The maximum absolute atomic E-state index is 12.8. The van der Waals surface area contributed by atoms with E-state index >= 15 is 0 Å². The number of nitrogens with one attached hydrogen (secondary N) is 1. The summed E-state index contributed by atoms with van der Waals surface area (Å²) in [5.41, 5.74) is 0. The van der Waals surface area contributed by atoms with Crippen molar-refractivity contribution in [1.29, 1.82) is 0 Å². The van der Waals surface area contributed by atoms with Crippen LogP contribution in [0.1, 0.15) is 25.7 Å². The zero-order valence-corrected chi connectivity index (χ0v) is 17.5. The minimum absolute atomic E-state index is 0. The Bertz CT molecular complexity index is 613. The van der Waals surface area contributed by atoms with Gasteiger partial charge < -0.3 is 19.9 Å². The molecule has 0 atom stereocenters. The smallest absolute Gasteiger partial charge is 0.260 e. The van der Waals surface area contributed by atoms with E-state index in [0.717, 1.165) is 45.3 Å². The second-order valence-corrected chi connectivity index (χ2v) is 7.58. The second-order valence-electron chi connectivity index (χ2n) is 7.58. The van der Waals surface area contributed by atoms with Crippen molar-refractivity contribution in [2.75, 3.05) is 46.4 Å². The molecular formula is C21H32ClN3O3. The molecule has 2 amide bonds. The molecule has 28 heavy (non-hydrogen) atoms. The Morgan fingerprint density at radius 1 is 1.00 bits per heavy atom. The van der Waals surface area contributed by atoms with Crippen LogP contribution in [0.3, 0.4) is 0 Å². The van der Waals surface area contributed by atoms with E-state index in [0.29, 0.717) is 24.8 Å². The van der Waals surface area contributed by atoms with Gasteiger partial charge in [-0.05, 0) is 57.3 Å². The molecular weight excluding hydrogens is 378 g/mol. The summed E-state index contributed by atoms with van der Waals surface area (Å²) < 4.78 is 5.55. The van der Waals surface area contributed by atoms with E-state index in [9.17, 15) is 9.59 Å². The molecule has 0 aliphatic carbocycles. The Morgan fingerprint density at radius 2 is 1.61 bits per heavy atom. The summed E-state index contributed by atoms with van der Waals surface area (Å²) >= 11 is 0. The number of amides is 2. The number of halogens is 1. The highest BCUT2D eigenvalue weighted by atomic mass is 35.5. The molecule has 0 unspecified atom stereocenters. The average Bonchev–Trinajstić information content (AvgIpc) is 2.73. The molecule has 3 rings (SSSR count). The number of carbonyl (C=O) groups is 2. The first-order valence-corrected chi connectivity index (χ1v) is 10.1. The number of likely N-dealkylation sites (tertiary alicyclic amines) is 2. The predicted octanol–water partition coefficient (Wildman–Crippen LogP) is 2.18. The third kappa shape index (κ3) is 6.11. The van der Waals surface area contributed by atoms with Crippen molar-refractivity contribution in [3.8, 4) is 5.75 Å². The van der Waals surface area contributed by atoms with E-state index in [4.69, 9.17) is 4.74 Å². The zero-order chi connectivity index (χ0) is 19.1. The fourth-order valence-corrected chi connectivity index (χ4v) is 4.03. The van der Waals surface area contributed by atoms with Crippen LogP contribution in [-0.4, -0.2) is 68.0 Å². The van der Waals surface area contributed by atoms with Crippen molar-refractivity contribution in [1.82, 2.24) is 15.1 Å². The van der Waals surface area contributed by atoms with Gasteiger partial charge in [-0.15, -0.1) is 12.4 Å². The third-order valence-corrected chi connectivity index (χ3v) is 5.72. The highest BCUT2D eigenvalue weighted by Gasteiger charge is 2.32. The van der Waals surface area contributed by atoms with Crippen LogP contribution in [0.5, 0.6) is 5.75 Å². The number of hydrogen-bond acceptors (Lipinski definition) is 4. The van der Waals surface area contributed by atoms with Gasteiger partial charge in [0.25, 0.3) is 5.91 Å². The summed E-state index contributed by atoms with van der Waals surface area (Å²) in [5, 5.41) is 3.23. The summed E-state index contributed by atoms with van der Waals surface area (Å²) in [6.45, 7) is 4.12. The second kappa shape index (κ2) is 11.3. The number of carbonyl (C=O) groups excluding carboxylic acids is 2. The fraction of sp³-hybridized carbons (Fsp3) is 0.619. The van der Waals surface area contributed by atoms with Gasteiger partial charge in [-0.2, -0.15) is 0 Å². The molecule has 1 N–H and O–H groups in total. The van der Waals surface area contributed by atoms with Crippen LogP contribution in [0, 0.1) is 11.8 Å². The van der Waals surface area contributed by atoms with Gasteiger partial charge in [0.15, 0.2) is 6.61 Å². The average molecular weight is 410 g/mol. The molecule has 2 aliphatic heterocycles. The first kappa shape index (κ1) is 22.5. The zero-order valence-electron chi connectivity index (χ0n) is 16.6. The van der Waals surface area contributed by atoms with Crippen molar-refractivity contribution in [3.63, 3.8) is 0 Å². The molecule has 2 saturated heterocycles. The molecule has 0 bridgehead atoms. The number of piperidine rings is 2. The lowest BCUT2D eigenvalue weighted by molar-refractivity contribution is -0.142. The maximum atomic E-state index is 12.8. The van der Waals surface area contributed by atoms with Crippen LogP contribution in [-0.2, 0) is 9.59 Å². The third-order valence-electron chi connectivity index (χ3n) is 5.72. The molecule has 156 valence electrons. The summed E-state index contributed by atoms with van der Waals surface area (Å²) in [7, 11) is 1.98. The van der Waals surface area contributed by atoms with Crippen LogP contribution < -0.4 is 10.1 Å². The van der Waals surface area contributed by atoms with Gasteiger partial charge in [0.1, 0.15) is 5.75 Å². The number of rotatable bonds is 6. The molecule has 2 aliphatic rings. The topological polar surface area (TPSA) is 61.9 Å². The quantitative estimate of drug-likeness (QED) is 0.782. The Kier molecular flexibility index (Phi) is 9.06.